The number of amides is 2. The average molecular weight is 553 g/mol. The van der Waals surface area contributed by atoms with Gasteiger partial charge in [-0.05, 0) is 67.3 Å². The summed E-state index contributed by atoms with van der Waals surface area (Å²) in [4.78, 5) is 34.3. The number of aryl methyl sites for hydroxylation is 1. The SMILES string of the molecule is Cc1ccc(OC2CCN(C(=O)c3ccc(C(=O)NC4CCN(Cc5ccc(C#N)cc5)CC4)cn3)CC2)c(N)c1. The molecule has 0 spiro atoms. The number of carbonyl (C=O) groups excluding carboxylic acids is 2. The van der Waals surface area contributed by atoms with Crippen LogP contribution >= 0.6 is 0 Å². The van der Waals surface area contributed by atoms with Crippen molar-refractivity contribution in [2.45, 2.75) is 51.3 Å². The van der Waals surface area contributed by atoms with Crippen LogP contribution in [0.2, 0.25) is 0 Å². The van der Waals surface area contributed by atoms with E-state index >= 15 is 0 Å². The molecule has 9 nitrogen and oxygen atoms in total. The molecule has 2 aromatic carbocycles. The molecule has 0 radical (unpaired) electrons. The number of nitrogens with one attached hydrogen (secondary N) is 1. The Kier molecular flexibility index (Phi) is 8.80. The number of hydrogen-bond acceptors (Lipinski definition) is 7. The molecule has 2 saturated heterocycles. The fraction of sp³-hybridized carbons (Fsp3) is 0.375. The van der Waals surface area contributed by atoms with Crippen LogP contribution in [0.3, 0.4) is 0 Å². The normalized spacial score (nSPS) is 16.6. The van der Waals surface area contributed by atoms with Crippen molar-refractivity contribution in [1.29, 1.82) is 5.26 Å². The zero-order valence-electron chi connectivity index (χ0n) is 23.4. The highest BCUT2D eigenvalue weighted by molar-refractivity contribution is 5.96. The minimum absolute atomic E-state index is 0.00548. The van der Waals surface area contributed by atoms with Crippen LogP contribution in [0.25, 0.3) is 0 Å². The number of carbonyl (C=O) groups is 2. The Morgan fingerprint density at radius 2 is 1.76 bits per heavy atom. The first-order valence-corrected chi connectivity index (χ1v) is 14.2. The van der Waals surface area contributed by atoms with Gasteiger partial charge in [-0.15, -0.1) is 0 Å². The van der Waals surface area contributed by atoms with Crippen LogP contribution in [-0.2, 0) is 6.54 Å². The first kappa shape index (κ1) is 28.1. The third kappa shape index (κ3) is 7.21. The van der Waals surface area contributed by atoms with Gasteiger partial charge < -0.3 is 20.7 Å². The van der Waals surface area contributed by atoms with E-state index in [-0.39, 0.29) is 24.0 Å². The molecule has 9 heteroatoms. The Labute approximate surface area is 240 Å². The lowest BCUT2D eigenvalue weighted by Crippen LogP contribution is -2.44. The lowest BCUT2D eigenvalue weighted by Gasteiger charge is -2.32. The Morgan fingerprint density at radius 3 is 2.39 bits per heavy atom. The molecule has 41 heavy (non-hydrogen) atoms. The number of nitrogens with two attached hydrogens (primary N) is 1. The second-order valence-corrected chi connectivity index (χ2v) is 10.9. The van der Waals surface area contributed by atoms with Gasteiger partial charge >= 0.3 is 0 Å². The van der Waals surface area contributed by atoms with Crippen LogP contribution in [0.1, 0.15) is 63.2 Å². The number of benzene rings is 2. The van der Waals surface area contributed by atoms with Crippen LogP contribution in [-0.4, -0.2) is 64.9 Å². The van der Waals surface area contributed by atoms with Gasteiger partial charge in [0, 0.05) is 57.8 Å². The number of likely N-dealkylation sites (tertiary alicyclic amines) is 2. The Morgan fingerprint density at radius 1 is 1.02 bits per heavy atom. The maximum atomic E-state index is 13.0. The van der Waals surface area contributed by atoms with Gasteiger partial charge in [0.15, 0.2) is 0 Å². The summed E-state index contributed by atoms with van der Waals surface area (Å²) in [6.07, 6.45) is 4.65. The van der Waals surface area contributed by atoms with Crippen LogP contribution in [0.15, 0.2) is 60.8 Å². The summed E-state index contributed by atoms with van der Waals surface area (Å²) in [7, 11) is 0. The van der Waals surface area contributed by atoms with E-state index in [0.717, 1.165) is 38.0 Å². The molecule has 0 unspecified atom stereocenters. The number of nitrogens with zero attached hydrogens (tertiary/aromatic N) is 4. The van der Waals surface area contributed by atoms with Crippen LogP contribution in [0, 0.1) is 18.3 Å². The highest BCUT2D eigenvalue weighted by Crippen LogP contribution is 2.26. The van der Waals surface area contributed by atoms with Gasteiger partial charge in [-0.2, -0.15) is 5.26 Å². The van der Waals surface area contributed by atoms with Crippen molar-refractivity contribution in [3.63, 3.8) is 0 Å². The molecule has 0 aliphatic carbocycles. The molecular weight excluding hydrogens is 516 g/mol. The number of nitriles is 1. The second-order valence-electron chi connectivity index (χ2n) is 10.9. The van der Waals surface area contributed by atoms with Crippen molar-refractivity contribution in [2.24, 2.45) is 0 Å². The largest absolute Gasteiger partial charge is 0.488 e. The van der Waals surface area contributed by atoms with E-state index in [4.69, 9.17) is 15.7 Å². The van der Waals surface area contributed by atoms with Crippen molar-refractivity contribution in [3.05, 3.63) is 88.7 Å². The van der Waals surface area contributed by atoms with E-state index in [2.05, 4.69) is 21.3 Å². The van der Waals surface area contributed by atoms with Gasteiger partial charge in [0.25, 0.3) is 11.8 Å². The molecule has 3 N–H and O–H groups in total. The number of pyridine rings is 1. The second kappa shape index (κ2) is 12.8. The first-order chi connectivity index (χ1) is 19.9. The van der Waals surface area contributed by atoms with E-state index in [9.17, 15) is 9.59 Å². The number of ether oxygens (including phenoxy) is 1. The maximum absolute atomic E-state index is 13.0. The van der Waals surface area contributed by atoms with Crippen molar-refractivity contribution >= 4 is 17.5 Å². The number of nitrogen functional groups attached to an aromatic ring is 1. The van der Waals surface area contributed by atoms with Gasteiger partial charge in [-0.1, -0.05) is 18.2 Å². The summed E-state index contributed by atoms with van der Waals surface area (Å²) in [5.41, 5.74) is 10.4. The summed E-state index contributed by atoms with van der Waals surface area (Å²) in [6, 6.07) is 19.0. The van der Waals surface area contributed by atoms with Gasteiger partial charge in [-0.25, -0.2) is 0 Å². The molecule has 2 aliphatic heterocycles. The van der Waals surface area contributed by atoms with Crippen molar-refractivity contribution in [1.82, 2.24) is 20.1 Å². The monoisotopic (exact) mass is 552 g/mol. The predicted octanol–water partition coefficient (Wildman–Crippen LogP) is 3.92. The molecule has 2 amide bonds. The summed E-state index contributed by atoms with van der Waals surface area (Å²) in [5, 5.41) is 12.1. The lowest BCUT2D eigenvalue weighted by atomic mass is 10.0. The van der Waals surface area contributed by atoms with E-state index < -0.39 is 0 Å². The van der Waals surface area contributed by atoms with Crippen molar-refractivity contribution in [3.8, 4) is 11.8 Å². The minimum Gasteiger partial charge on any atom is -0.488 e. The van der Waals surface area contributed by atoms with Crippen LogP contribution < -0.4 is 15.8 Å². The number of aromatic nitrogens is 1. The maximum Gasteiger partial charge on any atom is 0.272 e. The average Bonchev–Trinajstić information content (AvgIpc) is 3.00. The molecule has 2 aliphatic rings. The summed E-state index contributed by atoms with van der Waals surface area (Å²) >= 11 is 0. The van der Waals surface area contributed by atoms with Crippen molar-refractivity contribution in [2.75, 3.05) is 31.9 Å². The van der Waals surface area contributed by atoms with Crippen LogP contribution in [0.4, 0.5) is 5.69 Å². The predicted molar refractivity (Wildman–Crippen MR) is 156 cm³/mol. The zero-order chi connectivity index (χ0) is 28.8. The molecule has 2 fully saturated rings. The fourth-order valence-corrected chi connectivity index (χ4v) is 5.40. The standard InChI is InChI=1S/C32H36N6O3/c1-22-2-9-30(28(34)18-22)41-27-12-16-38(17-13-27)32(40)29-8-7-25(20-35-29)31(39)36-26-10-14-37(15-11-26)21-24-5-3-23(19-33)4-6-24/h2-9,18,20,26-27H,10-17,21,34H2,1H3,(H,36,39). The van der Waals surface area contributed by atoms with Gasteiger partial charge in [-0.3, -0.25) is 19.5 Å². The molecule has 5 rings (SSSR count). The van der Waals surface area contributed by atoms with E-state index in [1.165, 1.54) is 11.8 Å². The highest BCUT2D eigenvalue weighted by Gasteiger charge is 2.26. The minimum atomic E-state index is -0.171. The number of piperidine rings is 2. The molecule has 3 aromatic rings. The number of anilines is 1. The van der Waals surface area contributed by atoms with Gasteiger partial charge in [0.2, 0.25) is 0 Å². The highest BCUT2D eigenvalue weighted by atomic mass is 16.5. The summed E-state index contributed by atoms with van der Waals surface area (Å²) in [5.74, 6) is 0.375. The van der Waals surface area contributed by atoms with Crippen molar-refractivity contribution < 1.29 is 14.3 Å². The molecule has 1 aromatic heterocycles. The first-order valence-electron chi connectivity index (χ1n) is 14.2. The molecule has 0 saturated carbocycles. The summed E-state index contributed by atoms with van der Waals surface area (Å²) < 4.78 is 6.08. The van der Waals surface area contributed by atoms with E-state index in [1.54, 1.807) is 17.0 Å². The molecular formula is C32H36N6O3. The topological polar surface area (TPSA) is 125 Å². The number of rotatable bonds is 7. The van der Waals surface area contributed by atoms with E-state index in [1.807, 2.05) is 49.4 Å². The zero-order valence-corrected chi connectivity index (χ0v) is 23.4. The smallest absolute Gasteiger partial charge is 0.272 e. The Bertz CT molecular complexity index is 1400. The summed E-state index contributed by atoms with van der Waals surface area (Å²) in [6.45, 7) is 5.74. The molecule has 212 valence electrons. The lowest BCUT2D eigenvalue weighted by molar-refractivity contribution is 0.0590. The Balaban J connectivity index is 1.06. The third-order valence-corrected chi connectivity index (χ3v) is 7.84. The quantitative estimate of drug-likeness (QED) is 0.426. The van der Waals surface area contributed by atoms with Gasteiger partial charge in [0.1, 0.15) is 17.5 Å². The van der Waals surface area contributed by atoms with Gasteiger partial charge in [0.05, 0.1) is 22.9 Å². The van der Waals surface area contributed by atoms with E-state index in [0.29, 0.717) is 54.2 Å². The number of hydrogen-bond donors (Lipinski definition) is 2. The molecule has 3 heterocycles. The van der Waals surface area contributed by atoms with Crippen LogP contribution in [0.5, 0.6) is 5.75 Å². The fourth-order valence-electron chi connectivity index (χ4n) is 5.40. The Hall–Kier alpha value is -4.42. The third-order valence-electron chi connectivity index (χ3n) is 7.84. The molecule has 0 bridgehead atoms. The molecule has 0 atom stereocenters.